The molecule has 0 aromatic carbocycles. The molecule has 20 heavy (non-hydrogen) atoms. The molecule has 0 bridgehead atoms. The van der Waals surface area contributed by atoms with Gasteiger partial charge in [-0.25, -0.2) is 0 Å². The topological polar surface area (TPSA) is 102 Å². The van der Waals surface area contributed by atoms with Gasteiger partial charge < -0.3 is 10.4 Å². The van der Waals surface area contributed by atoms with E-state index in [4.69, 9.17) is 16.7 Å². The Balaban J connectivity index is 1.82. The van der Waals surface area contributed by atoms with Crippen molar-refractivity contribution in [3.05, 3.63) is 29.8 Å². The smallest absolute Gasteiger partial charge is 0.325 e. The molecule has 1 amide bonds. The molecule has 0 saturated carbocycles. The van der Waals surface area contributed by atoms with Crippen LogP contribution in [0.25, 0.3) is 0 Å². The maximum atomic E-state index is 11.7. The summed E-state index contributed by atoms with van der Waals surface area (Å²) in [5, 5.41) is 19.5. The van der Waals surface area contributed by atoms with Gasteiger partial charge in [-0.2, -0.15) is 10.2 Å². The van der Waals surface area contributed by atoms with E-state index in [1.807, 2.05) is 0 Å². The van der Waals surface area contributed by atoms with Crippen LogP contribution in [0, 0.1) is 0 Å². The zero-order chi connectivity index (χ0) is 14.5. The number of nitrogens with one attached hydrogen (secondary N) is 1. The molecule has 2 rings (SSSR count). The minimum absolute atomic E-state index is 0.216. The number of carboxylic acids is 1. The summed E-state index contributed by atoms with van der Waals surface area (Å²) in [4.78, 5) is 22.2. The third-order valence-electron chi connectivity index (χ3n) is 2.38. The third kappa shape index (κ3) is 4.09. The van der Waals surface area contributed by atoms with E-state index < -0.39 is 5.97 Å². The molecule has 8 nitrogen and oxygen atoms in total. The number of hydrogen-bond acceptors (Lipinski definition) is 4. The lowest BCUT2D eigenvalue weighted by Crippen LogP contribution is -2.14. The number of halogens is 1. The van der Waals surface area contributed by atoms with Crippen LogP contribution < -0.4 is 5.32 Å². The molecule has 0 unspecified atom stereocenters. The van der Waals surface area contributed by atoms with Crippen molar-refractivity contribution >= 4 is 29.2 Å². The van der Waals surface area contributed by atoms with E-state index in [1.165, 1.54) is 23.3 Å². The molecule has 2 N–H and O–H groups in total. The van der Waals surface area contributed by atoms with Gasteiger partial charge in [-0.3, -0.25) is 19.0 Å². The van der Waals surface area contributed by atoms with Crippen LogP contribution in [-0.2, 0) is 22.7 Å². The molecule has 0 aliphatic rings. The molecule has 106 valence electrons. The molecule has 0 radical (unpaired) electrons. The van der Waals surface area contributed by atoms with Crippen molar-refractivity contribution in [2.75, 3.05) is 5.32 Å². The van der Waals surface area contributed by atoms with Crippen molar-refractivity contribution in [3.63, 3.8) is 0 Å². The van der Waals surface area contributed by atoms with Gasteiger partial charge in [0.15, 0.2) is 0 Å². The second-order valence-corrected chi connectivity index (χ2v) is 4.48. The molecule has 9 heteroatoms. The van der Waals surface area contributed by atoms with Crippen LogP contribution in [0.15, 0.2) is 24.8 Å². The number of carbonyl (C=O) groups is 2. The average Bonchev–Trinajstić information content (AvgIpc) is 2.95. The van der Waals surface area contributed by atoms with Gasteiger partial charge >= 0.3 is 5.97 Å². The van der Waals surface area contributed by atoms with E-state index in [-0.39, 0.29) is 18.9 Å². The van der Waals surface area contributed by atoms with Crippen LogP contribution in [-0.4, -0.2) is 36.5 Å². The Hall–Kier alpha value is -2.35. The molecule has 2 heterocycles. The van der Waals surface area contributed by atoms with Crippen LogP contribution in [0.4, 0.5) is 5.69 Å². The van der Waals surface area contributed by atoms with E-state index in [0.717, 1.165) is 0 Å². The summed E-state index contributed by atoms with van der Waals surface area (Å²) in [6.07, 6.45) is 6.19. The van der Waals surface area contributed by atoms with Crippen molar-refractivity contribution in [1.82, 2.24) is 19.6 Å². The Bertz CT molecular complexity index is 621. The SMILES string of the molecule is O=C(O)Cn1cc(NC(=O)CCn2cc(Cl)cn2)cn1. The maximum absolute atomic E-state index is 11.7. The highest BCUT2D eigenvalue weighted by Gasteiger charge is 2.07. The average molecular weight is 298 g/mol. The first-order valence-corrected chi connectivity index (χ1v) is 6.13. The van der Waals surface area contributed by atoms with Gasteiger partial charge in [0.1, 0.15) is 6.54 Å². The van der Waals surface area contributed by atoms with E-state index in [1.54, 1.807) is 10.9 Å². The van der Waals surface area contributed by atoms with E-state index in [2.05, 4.69) is 15.5 Å². The van der Waals surface area contributed by atoms with Crippen molar-refractivity contribution in [2.45, 2.75) is 19.5 Å². The molecular weight excluding hydrogens is 286 g/mol. The number of anilines is 1. The standard InChI is InChI=1S/C11H12ClN5O3/c12-8-3-13-16(5-8)2-1-10(18)15-9-4-14-17(6-9)7-11(19)20/h3-6H,1-2,7H2,(H,15,18)(H,19,20). The Kier molecular flexibility index (Phi) is 4.36. The molecule has 0 aliphatic carbocycles. The van der Waals surface area contributed by atoms with Crippen molar-refractivity contribution in [1.29, 1.82) is 0 Å². The van der Waals surface area contributed by atoms with E-state index >= 15 is 0 Å². The first kappa shape index (κ1) is 14.1. The van der Waals surface area contributed by atoms with E-state index in [0.29, 0.717) is 17.3 Å². The largest absolute Gasteiger partial charge is 0.480 e. The Morgan fingerprint density at radius 3 is 2.65 bits per heavy atom. The fourth-order valence-electron chi connectivity index (χ4n) is 1.55. The van der Waals surface area contributed by atoms with Gasteiger partial charge in [0, 0.05) is 25.4 Å². The van der Waals surface area contributed by atoms with Gasteiger partial charge in [-0.05, 0) is 0 Å². The summed E-state index contributed by atoms with van der Waals surface area (Å²) in [7, 11) is 0. The number of carbonyl (C=O) groups excluding carboxylic acids is 1. The number of amides is 1. The minimum atomic E-state index is -0.999. The zero-order valence-electron chi connectivity index (χ0n) is 10.4. The highest BCUT2D eigenvalue weighted by atomic mass is 35.5. The van der Waals surface area contributed by atoms with Crippen molar-refractivity contribution in [2.24, 2.45) is 0 Å². The van der Waals surface area contributed by atoms with Gasteiger partial charge in [-0.1, -0.05) is 11.6 Å². The second-order valence-electron chi connectivity index (χ2n) is 4.04. The molecule has 0 aliphatic heterocycles. The molecule has 2 aromatic heterocycles. The summed E-state index contributed by atoms with van der Waals surface area (Å²) < 4.78 is 2.79. The number of aryl methyl sites for hydroxylation is 1. The number of aromatic nitrogens is 4. The van der Waals surface area contributed by atoms with Gasteiger partial charge in [0.25, 0.3) is 0 Å². The highest BCUT2D eigenvalue weighted by molar-refractivity contribution is 6.30. The first-order valence-electron chi connectivity index (χ1n) is 5.75. The fraction of sp³-hybridized carbons (Fsp3) is 0.273. The monoisotopic (exact) mass is 297 g/mol. The predicted octanol–water partition coefficient (Wildman–Crippen LogP) is 0.846. The van der Waals surface area contributed by atoms with Crippen LogP contribution in [0.5, 0.6) is 0 Å². The minimum Gasteiger partial charge on any atom is -0.480 e. The van der Waals surface area contributed by atoms with E-state index in [9.17, 15) is 9.59 Å². The number of aliphatic carboxylic acids is 1. The molecule has 0 spiro atoms. The number of nitrogens with zero attached hydrogens (tertiary/aromatic N) is 4. The summed E-state index contributed by atoms with van der Waals surface area (Å²) >= 11 is 5.71. The lowest BCUT2D eigenvalue weighted by molar-refractivity contribution is -0.137. The first-order chi connectivity index (χ1) is 9.52. The van der Waals surface area contributed by atoms with Crippen molar-refractivity contribution in [3.8, 4) is 0 Å². The van der Waals surface area contributed by atoms with Crippen LogP contribution in [0.1, 0.15) is 6.42 Å². The lowest BCUT2D eigenvalue weighted by atomic mass is 10.4. The quantitative estimate of drug-likeness (QED) is 0.823. The third-order valence-corrected chi connectivity index (χ3v) is 2.58. The Labute approximate surface area is 118 Å². The summed E-state index contributed by atoms with van der Waals surface area (Å²) in [6.45, 7) is 0.156. The molecular formula is C11H12ClN5O3. The van der Waals surface area contributed by atoms with Crippen molar-refractivity contribution < 1.29 is 14.7 Å². The summed E-state index contributed by atoms with van der Waals surface area (Å²) in [5.41, 5.74) is 0.453. The molecule has 0 fully saturated rings. The number of hydrogen-bond donors (Lipinski definition) is 2. The van der Waals surface area contributed by atoms with Crippen LogP contribution >= 0.6 is 11.6 Å². The number of rotatable bonds is 6. The van der Waals surface area contributed by atoms with Gasteiger partial charge in [0.05, 0.1) is 23.1 Å². The molecule has 0 saturated heterocycles. The Morgan fingerprint density at radius 2 is 2.00 bits per heavy atom. The van der Waals surface area contributed by atoms with Crippen LogP contribution in [0.3, 0.4) is 0 Å². The molecule has 0 atom stereocenters. The number of carboxylic acid groups (broad SMARTS) is 1. The maximum Gasteiger partial charge on any atom is 0.325 e. The normalized spacial score (nSPS) is 10.4. The zero-order valence-corrected chi connectivity index (χ0v) is 11.1. The summed E-state index contributed by atoms with van der Waals surface area (Å²) in [6, 6.07) is 0. The fourth-order valence-corrected chi connectivity index (χ4v) is 1.71. The van der Waals surface area contributed by atoms with Crippen LogP contribution in [0.2, 0.25) is 5.02 Å². The second kappa shape index (κ2) is 6.20. The lowest BCUT2D eigenvalue weighted by Gasteiger charge is -2.02. The highest BCUT2D eigenvalue weighted by Crippen LogP contribution is 2.07. The van der Waals surface area contributed by atoms with Gasteiger partial charge in [-0.15, -0.1) is 0 Å². The molecule has 2 aromatic rings. The summed E-state index contributed by atoms with van der Waals surface area (Å²) in [5.74, 6) is -1.21. The predicted molar refractivity (Wildman–Crippen MR) is 70.3 cm³/mol. The Morgan fingerprint density at radius 1 is 1.25 bits per heavy atom. The van der Waals surface area contributed by atoms with Gasteiger partial charge in [0.2, 0.25) is 5.91 Å².